The van der Waals surface area contributed by atoms with Crippen LogP contribution in [-0.4, -0.2) is 48.1 Å². The van der Waals surface area contributed by atoms with Crippen LogP contribution in [0, 0.1) is 5.82 Å². The summed E-state index contributed by atoms with van der Waals surface area (Å²) in [6.45, 7) is 1.95. The van der Waals surface area contributed by atoms with E-state index in [9.17, 15) is 4.39 Å². The third-order valence-electron chi connectivity index (χ3n) is 2.70. The highest BCUT2D eigenvalue weighted by Gasteiger charge is 2.20. The van der Waals surface area contributed by atoms with Crippen molar-refractivity contribution in [1.29, 1.82) is 0 Å². The third kappa shape index (κ3) is 2.38. The minimum atomic E-state index is -0.409. The number of rotatable bonds is 3. The van der Waals surface area contributed by atoms with Gasteiger partial charge >= 0.3 is 0 Å². The van der Waals surface area contributed by atoms with Crippen molar-refractivity contribution in [3.8, 4) is 0 Å². The molecule has 0 bridgehead atoms. The molecule has 16 heavy (non-hydrogen) atoms. The molecule has 0 amide bonds. The van der Waals surface area contributed by atoms with Gasteiger partial charge in [0, 0.05) is 19.6 Å². The van der Waals surface area contributed by atoms with E-state index in [1.807, 2.05) is 0 Å². The van der Waals surface area contributed by atoms with Crippen molar-refractivity contribution in [3.63, 3.8) is 0 Å². The molecule has 1 aromatic heterocycles. The highest BCUT2D eigenvalue weighted by molar-refractivity contribution is 5.41. The van der Waals surface area contributed by atoms with Crippen LogP contribution in [0.5, 0.6) is 0 Å². The van der Waals surface area contributed by atoms with Crippen LogP contribution in [0.1, 0.15) is 6.42 Å². The Kier molecular flexibility index (Phi) is 3.19. The number of anilines is 2. The fraction of sp³-hybridized carbons (Fsp3) is 0.600. The second kappa shape index (κ2) is 4.61. The van der Waals surface area contributed by atoms with Gasteiger partial charge in [-0.25, -0.2) is 9.37 Å². The minimum Gasteiger partial charge on any atom is -0.363 e. The Bertz CT molecular complexity index is 370. The molecule has 0 aromatic carbocycles. The van der Waals surface area contributed by atoms with Gasteiger partial charge in [-0.05, 0) is 20.0 Å². The maximum absolute atomic E-state index is 13.4. The summed E-state index contributed by atoms with van der Waals surface area (Å²) in [6.07, 6.45) is 2.19. The standard InChI is InChI=1S/C10H16FN5/c1-12-10-13-5-8(11)9(15-10)14-7-3-4-16(2)6-7/h5,7H,3-4,6H2,1-2H3,(H2,12,13,14,15). The SMILES string of the molecule is CNc1ncc(F)c(NC2CCN(C)C2)n1. The number of nitrogens with zero attached hydrogens (tertiary/aromatic N) is 3. The Balaban J connectivity index is 2.08. The van der Waals surface area contributed by atoms with Crippen LogP contribution in [0.15, 0.2) is 6.20 Å². The summed E-state index contributed by atoms with van der Waals surface area (Å²) < 4.78 is 13.4. The zero-order chi connectivity index (χ0) is 11.5. The van der Waals surface area contributed by atoms with Crippen LogP contribution >= 0.6 is 0 Å². The summed E-state index contributed by atoms with van der Waals surface area (Å²) in [5.41, 5.74) is 0. The van der Waals surface area contributed by atoms with Crippen molar-refractivity contribution in [2.24, 2.45) is 0 Å². The molecule has 1 atom stereocenters. The molecule has 88 valence electrons. The first-order valence-electron chi connectivity index (χ1n) is 5.34. The zero-order valence-corrected chi connectivity index (χ0v) is 9.50. The fourth-order valence-corrected chi connectivity index (χ4v) is 1.83. The first kappa shape index (κ1) is 11.1. The normalized spacial score (nSPS) is 21.1. The van der Waals surface area contributed by atoms with Crippen LogP contribution in [0.4, 0.5) is 16.2 Å². The average molecular weight is 225 g/mol. The topological polar surface area (TPSA) is 53.1 Å². The molecule has 1 aromatic rings. The average Bonchev–Trinajstić information content (AvgIpc) is 2.67. The second-order valence-electron chi connectivity index (χ2n) is 4.03. The molecule has 0 saturated carbocycles. The lowest BCUT2D eigenvalue weighted by molar-refractivity contribution is 0.413. The first-order chi connectivity index (χ1) is 7.69. The van der Waals surface area contributed by atoms with E-state index in [4.69, 9.17) is 0 Å². The van der Waals surface area contributed by atoms with E-state index in [1.54, 1.807) is 7.05 Å². The molecule has 6 heteroatoms. The zero-order valence-electron chi connectivity index (χ0n) is 9.50. The Morgan fingerprint density at radius 1 is 1.56 bits per heavy atom. The molecule has 0 radical (unpaired) electrons. The Morgan fingerprint density at radius 2 is 2.38 bits per heavy atom. The number of likely N-dealkylation sites (N-methyl/N-ethyl adjacent to an activating group) is 1. The van der Waals surface area contributed by atoms with E-state index in [1.165, 1.54) is 6.20 Å². The van der Waals surface area contributed by atoms with Gasteiger partial charge in [0.25, 0.3) is 0 Å². The molecular formula is C10H16FN5. The summed E-state index contributed by atoms with van der Waals surface area (Å²) in [6, 6.07) is 0.263. The maximum atomic E-state index is 13.4. The molecule has 2 rings (SSSR count). The van der Waals surface area contributed by atoms with Gasteiger partial charge in [-0.3, -0.25) is 0 Å². The number of halogens is 1. The van der Waals surface area contributed by atoms with Gasteiger partial charge < -0.3 is 15.5 Å². The van der Waals surface area contributed by atoms with Crippen LogP contribution in [0.25, 0.3) is 0 Å². The summed E-state index contributed by atoms with van der Waals surface area (Å²) in [5.74, 6) is 0.295. The molecule has 1 fully saturated rings. The van der Waals surface area contributed by atoms with E-state index < -0.39 is 5.82 Å². The van der Waals surface area contributed by atoms with Crippen molar-refractivity contribution in [1.82, 2.24) is 14.9 Å². The first-order valence-corrected chi connectivity index (χ1v) is 5.34. The summed E-state index contributed by atoms with van der Waals surface area (Å²) in [4.78, 5) is 10.1. The van der Waals surface area contributed by atoms with Gasteiger partial charge in [0.15, 0.2) is 11.6 Å². The lowest BCUT2D eigenvalue weighted by Gasteiger charge is -2.14. The largest absolute Gasteiger partial charge is 0.363 e. The van der Waals surface area contributed by atoms with Crippen molar-refractivity contribution < 1.29 is 4.39 Å². The number of likely N-dealkylation sites (tertiary alicyclic amines) is 1. The molecule has 0 spiro atoms. The molecule has 1 aliphatic heterocycles. The Morgan fingerprint density at radius 3 is 3.00 bits per heavy atom. The van der Waals surface area contributed by atoms with Gasteiger partial charge in [0.05, 0.1) is 6.20 Å². The van der Waals surface area contributed by atoms with E-state index in [0.29, 0.717) is 5.95 Å². The monoisotopic (exact) mass is 225 g/mol. The summed E-state index contributed by atoms with van der Waals surface area (Å²) in [5, 5.41) is 5.90. The lowest BCUT2D eigenvalue weighted by atomic mass is 10.2. The third-order valence-corrected chi connectivity index (χ3v) is 2.70. The van der Waals surface area contributed by atoms with Crippen molar-refractivity contribution >= 4 is 11.8 Å². The van der Waals surface area contributed by atoms with Crippen molar-refractivity contribution in [3.05, 3.63) is 12.0 Å². The number of aromatic nitrogens is 2. The summed E-state index contributed by atoms with van der Waals surface area (Å²) in [7, 11) is 3.76. The van der Waals surface area contributed by atoms with Crippen molar-refractivity contribution in [2.75, 3.05) is 37.8 Å². The predicted molar refractivity (Wildman–Crippen MR) is 61.1 cm³/mol. The molecule has 1 aliphatic rings. The second-order valence-corrected chi connectivity index (χ2v) is 4.03. The van der Waals surface area contributed by atoms with Crippen LogP contribution in [0.2, 0.25) is 0 Å². The number of nitrogens with one attached hydrogen (secondary N) is 2. The highest BCUT2D eigenvalue weighted by Crippen LogP contribution is 2.16. The Hall–Kier alpha value is -1.43. The van der Waals surface area contributed by atoms with Gasteiger partial charge in [-0.2, -0.15) is 4.98 Å². The van der Waals surface area contributed by atoms with Crippen LogP contribution in [0.3, 0.4) is 0 Å². The highest BCUT2D eigenvalue weighted by atomic mass is 19.1. The van der Waals surface area contributed by atoms with Crippen molar-refractivity contribution in [2.45, 2.75) is 12.5 Å². The summed E-state index contributed by atoms with van der Waals surface area (Å²) >= 11 is 0. The predicted octanol–water partition coefficient (Wildman–Crippen LogP) is 0.773. The molecule has 1 unspecified atom stereocenters. The van der Waals surface area contributed by atoms with Crippen LogP contribution in [-0.2, 0) is 0 Å². The maximum Gasteiger partial charge on any atom is 0.224 e. The van der Waals surface area contributed by atoms with E-state index in [0.717, 1.165) is 19.5 Å². The molecular weight excluding hydrogens is 209 g/mol. The quantitative estimate of drug-likeness (QED) is 0.796. The fourth-order valence-electron chi connectivity index (χ4n) is 1.83. The lowest BCUT2D eigenvalue weighted by Crippen LogP contribution is -2.24. The molecule has 0 aliphatic carbocycles. The smallest absolute Gasteiger partial charge is 0.224 e. The van der Waals surface area contributed by atoms with E-state index in [2.05, 4.69) is 32.5 Å². The Labute approximate surface area is 94.1 Å². The minimum absolute atomic E-state index is 0.263. The number of hydrogen-bond donors (Lipinski definition) is 2. The van der Waals surface area contributed by atoms with Gasteiger partial charge in [0.2, 0.25) is 5.95 Å². The van der Waals surface area contributed by atoms with E-state index >= 15 is 0 Å². The van der Waals surface area contributed by atoms with E-state index in [-0.39, 0.29) is 11.9 Å². The van der Waals surface area contributed by atoms with Crippen LogP contribution < -0.4 is 10.6 Å². The van der Waals surface area contributed by atoms with Gasteiger partial charge in [-0.15, -0.1) is 0 Å². The molecule has 2 heterocycles. The molecule has 1 saturated heterocycles. The van der Waals surface area contributed by atoms with Gasteiger partial charge in [0.1, 0.15) is 0 Å². The van der Waals surface area contributed by atoms with Gasteiger partial charge in [-0.1, -0.05) is 0 Å². The molecule has 2 N–H and O–H groups in total. The number of hydrogen-bond acceptors (Lipinski definition) is 5. The molecule has 5 nitrogen and oxygen atoms in total.